The lowest BCUT2D eigenvalue weighted by Gasteiger charge is -2.20. The molecule has 1 N–H and O–H groups in total. The van der Waals surface area contributed by atoms with Gasteiger partial charge in [-0.2, -0.15) is 0 Å². The van der Waals surface area contributed by atoms with Gasteiger partial charge in [-0.3, -0.25) is 0 Å². The summed E-state index contributed by atoms with van der Waals surface area (Å²) in [5, 5.41) is 3.74. The lowest BCUT2D eigenvalue weighted by atomic mass is 10.2. The van der Waals surface area contributed by atoms with E-state index in [2.05, 4.69) is 31.1 Å². The highest BCUT2D eigenvalue weighted by molar-refractivity contribution is 6.31. The Balaban J connectivity index is 2.18. The van der Waals surface area contributed by atoms with Gasteiger partial charge in [0.05, 0.1) is 0 Å². The van der Waals surface area contributed by atoms with E-state index in [1.807, 2.05) is 0 Å². The number of hydrogen-bond acceptors (Lipinski definition) is 2. The second-order valence-corrected chi connectivity index (χ2v) is 5.57. The Morgan fingerprint density at radius 1 is 1.32 bits per heavy atom. The summed E-state index contributed by atoms with van der Waals surface area (Å²) in [4.78, 5) is 2.33. The highest BCUT2D eigenvalue weighted by Crippen LogP contribution is 2.18. The zero-order chi connectivity index (χ0) is 14.3. The first-order valence-electron chi connectivity index (χ1n) is 6.86. The van der Waals surface area contributed by atoms with Crippen molar-refractivity contribution in [1.82, 2.24) is 10.2 Å². The van der Waals surface area contributed by atoms with Gasteiger partial charge >= 0.3 is 0 Å². The van der Waals surface area contributed by atoms with Crippen molar-refractivity contribution < 1.29 is 4.39 Å². The van der Waals surface area contributed by atoms with E-state index in [4.69, 9.17) is 11.6 Å². The van der Waals surface area contributed by atoms with E-state index in [-0.39, 0.29) is 5.82 Å². The van der Waals surface area contributed by atoms with E-state index in [0.29, 0.717) is 23.2 Å². The second-order valence-electron chi connectivity index (χ2n) is 5.16. The molecule has 0 saturated carbocycles. The molecule has 0 aliphatic rings. The molecule has 0 aliphatic carbocycles. The third-order valence-electron chi connectivity index (χ3n) is 3.36. The quantitative estimate of drug-likeness (QED) is 0.733. The van der Waals surface area contributed by atoms with Crippen LogP contribution in [0.2, 0.25) is 5.02 Å². The number of benzene rings is 1. The third kappa shape index (κ3) is 5.89. The molecule has 1 aromatic rings. The second kappa shape index (κ2) is 8.51. The largest absolute Gasteiger partial charge is 0.313 e. The number of rotatable bonds is 8. The molecule has 4 heteroatoms. The number of nitrogens with zero attached hydrogens (tertiary/aromatic N) is 1. The molecule has 1 rings (SSSR count). The van der Waals surface area contributed by atoms with Gasteiger partial charge in [0.25, 0.3) is 0 Å². The molecule has 0 spiro atoms. The van der Waals surface area contributed by atoms with Crippen LogP contribution in [0.5, 0.6) is 0 Å². The van der Waals surface area contributed by atoms with Crippen LogP contribution in [0.3, 0.4) is 0 Å². The molecule has 0 saturated heterocycles. The predicted molar refractivity (Wildman–Crippen MR) is 80.1 cm³/mol. The van der Waals surface area contributed by atoms with E-state index in [1.54, 1.807) is 12.1 Å². The first kappa shape index (κ1) is 16.4. The molecule has 0 amide bonds. The molecule has 0 atom stereocenters. The van der Waals surface area contributed by atoms with Gasteiger partial charge in [-0.1, -0.05) is 17.7 Å². The van der Waals surface area contributed by atoms with Gasteiger partial charge in [0.15, 0.2) is 0 Å². The minimum Gasteiger partial charge on any atom is -0.313 e. The summed E-state index contributed by atoms with van der Waals surface area (Å²) in [5.41, 5.74) is 0.559. The van der Waals surface area contributed by atoms with Crippen LogP contribution in [0.1, 0.15) is 32.3 Å². The molecule has 0 unspecified atom stereocenters. The Hall–Kier alpha value is -0.640. The zero-order valence-electron chi connectivity index (χ0n) is 12.0. The minimum atomic E-state index is -0.237. The first-order valence-corrected chi connectivity index (χ1v) is 7.24. The van der Waals surface area contributed by atoms with Crippen molar-refractivity contribution in [3.63, 3.8) is 0 Å². The van der Waals surface area contributed by atoms with Gasteiger partial charge in [-0.25, -0.2) is 4.39 Å². The van der Waals surface area contributed by atoms with Crippen LogP contribution in [0.15, 0.2) is 18.2 Å². The monoisotopic (exact) mass is 286 g/mol. The average Bonchev–Trinajstić information content (AvgIpc) is 2.36. The SMILES string of the molecule is CC(C)N(C)CCCCNCc1c(F)cccc1Cl. The normalized spacial score (nSPS) is 11.5. The van der Waals surface area contributed by atoms with Crippen molar-refractivity contribution in [1.29, 1.82) is 0 Å². The molecular weight excluding hydrogens is 263 g/mol. The van der Waals surface area contributed by atoms with Crippen molar-refractivity contribution in [3.05, 3.63) is 34.6 Å². The Kier molecular flexibility index (Phi) is 7.36. The fourth-order valence-electron chi connectivity index (χ4n) is 1.78. The van der Waals surface area contributed by atoms with Crippen LogP contribution in [0.4, 0.5) is 4.39 Å². The van der Waals surface area contributed by atoms with Crippen molar-refractivity contribution in [3.8, 4) is 0 Å². The Morgan fingerprint density at radius 3 is 2.68 bits per heavy atom. The topological polar surface area (TPSA) is 15.3 Å². The maximum Gasteiger partial charge on any atom is 0.129 e. The van der Waals surface area contributed by atoms with Crippen LogP contribution >= 0.6 is 11.6 Å². The van der Waals surface area contributed by atoms with E-state index < -0.39 is 0 Å². The van der Waals surface area contributed by atoms with Crippen LogP contribution in [-0.2, 0) is 6.54 Å². The third-order valence-corrected chi connectivity index (χ3v) is 3.71. The predicted octanol–water partition coefficient (Wildman–Crippen LogP) is 3.69. The van der Waals surface area contributed by atoms with Gasteiger partial charge in [0.1, 0.15) is 5.82 Å². The number of nitrogens with one attached hydrogen (secondary N) is 1. The van der Waals surface area contributed by atoms with Crippen molar-refractivity contribution >= 4 is 11.6 Å². The van der Waals surface area contributed by atoms with Crippen molar-refractivity contribution in [2.24, 2.45) is 0 Å². The zero-order valence-corrected chi connectivity index (χ0v) is 12.8. The maximum atomic E-state index is 13.5. The summed E-state index contributed by atoms with van der Waals surface area (Å²) in [6, 6.07) is 5.38. The van der Waals surface area contributed by atoms with Crippen molar-refractivity contribution in [2.75, 3.05) is 20.1 Å². The fraction of sp³-hybridized carbons (Fsp3) is 0.600. The Bertz CT molecular complexity index is 362. The van der Waals surface area contributed by atoms with E-state index in [0.717, 1.165) is 25.9 Å². The minimum absolute atomic E-state index is 0.237. The molecule has 0 fully saturated rings. The van der Waals surface area contributed by atoms with Crippen molar-refractivity contribution in [2.45, 2.75) is 39.3 Å². The van der Waals surface area contributed by atoms with E-state index in [1.165, 1.54) is 6.07 Å². The van der Waals surface area contributed by atoms with Crippen LogP contribution in [0.25, 0.3) is 0 Å². The summed E-state index contributed by atoms with van der Waals surface area (Å²) in [5.74, 6) is -0.237. The highest BCUT2D eigenvalue weighted by atomic mass is 35.5. The smallest absolute Gasteiger partial charge is 0.129 e. The molecule has 0 heterocycles. The summed E-state index contributed by atoms with van der Waals surface area (Å²) in [6.07, 6.45) is 2.23. The van der Waals surface area contributed by atoms with Gasteiger partial charge in [0, 0.05) is 23.2 Å². The lowest BCUT2D eigenvalue weighted by molar-refractivity contribution is 0.268. The lowest BCUT2D eigenvalue weighted by Crippen LogP contribution is -2.27. The van der Waals surface area contributed by atoms with Gasteiger partial charge in [-0.05, 0) is 59.0 Å². The first-order chi connectivity index (χ1) is 9.02. The molecule has 0 aliphatic heterocycles. The van der Waals surface area contributed by atoms with E-state index >= 15 is 0 Å². The Labute approximate surface area is 120 Å². The molecule has 108 valence electrons. The van der Waals surface area contributed by atoms with Gasteiger partial charge in [-0.15, -0.1) is 0 Å². The summed E-state index contributed by atoms with van der Waals surface area (Å²) < 4.78 is 13.5. The summed E-state index contributed by atoms with van der Waals surface area (Å²) >= 11 is 5.96. The Morgan fingerprint density at radius 2 is 2.05 bits per heavy atom. The molecule has 0 aromatic heterocycles. The van der Waals surface area contributed by atoms with Gasteiger partial charge in [0.2, 0.25) is 0 Å². The molecule has 1 aromatic carbocycles. The van der Waals surface area contributed by atoms with Crippen LogP contribution in [0, 0.1) is 5.82 Å². The number of hydrogen-bond donors (Lipinski definition) is 1. The number of unbranched alkanes of at least 4 members (excludes halogenated alkanes) is 1. The maximum absolute atomic E-state index is 13.5. The summed E-state index contributed by atoms with van der Waals surface area (Å²) in [7, 11) is 2.14. The van der Waals surface area contributed by atoms with E-state index in [9.17, 15) is 4.39 Å². The molecule has 2 nitrogen and oxygen atoms in total. The standard InChI is InChI=1S/C15H24ClFN2/c1-12(2)19(3)10-5-4-9-18-11-13-14(16)7-6-8-15(13)17/h6-8,12,18H,4-5,9-11H2,1-3H3. The average molecular weight is 287 g/mol. The molecule has 19 heavy (non-hydrogen) atoms. The van der Waals surface area contributed by atoms with Gasteiger partial charge < -0.3 is 10.2 Å². The number of halogens is 2. The van der Waals surface area contributed by atoms with Crippen LogP contribution < -0.4 is 5.32 Å². The molecule has 0 radical (unpaired) electrons. The molecule has 0 bridgehead atoms. The molecular formula is C15H24ClFN2. The highest BCUT2D eigenvalue weighted by Gasteiger charge is 2.06. The van der Waals surface area contributed by atoms with Crippen LogP contribution in [-0.4, -0.2) is 31.1 Å². The summed E-state index contributed by atoms with van der Waals surface area (Å²) in [6.45, 7) is 6.86. The fourth-order valence-corrected chi connectivity index (χ4v) is 2.01.